The van der Waals surface area contributed by atoms with Gasteiger partial charge in [0.2, 0.25) is 0 Å². The molecule has 0 unspecified atom stereocenters. The van der Waals surface area contributed by atoms with Crippen LogP contribution in [0.4, 0.5) is 5.82 Å². The van der Waals surface area contributed by atoms with Crippen molar-refractivity contribution in [1.82, 2.24) is 20.5 Å². The number of nitrogens with zero attached hydrogens (tertiary/aromatic N) is 4. The zero-order chi connectivity index (χ0) is 22.8. The van der Waals surface area contributed by atoms with Gasteiger partial charge in [0.1, 0.15) is 5.82 Å². The van der Waals surface area contributed by atoms with E-state index in [2.05, 4.69) is 51.4 Å². The van der Waals surface area contributed by atoms with Crippen molar-refractivity contribution >= 4 is 35.8 Å². The molecule has 0 bridgehead atoms. The van der Waals surface area contributed by atoms with Gasteiger partial charge in [0.15, 0.2) is 17.5 Å². The van der Waals surface area contributed by atoms with Gasteiger partial charge in [-0.1, -0.05) is 19.1 Å². The van der Waals surface area contributed by atoms with E-state index < -0.39 is 0 Å². The van der Waals surface area contributed by atoms with E-state index >= 15 is 0 Å². The predicted octanol–water partition coefficient (Wildman–Crippen LogP) is 3.11. The number of benzene rings is 1. The van der Waals surface area contributed by atoms with Crippen molar-refractivity contribution in [2.45, 2.75) is 26.9 Å². The Balaban J connectivity index is 0.00000385. The monoisotopic (exact) mass is 568 g/mol. The Labute approximate surface area is 214 Å². The van der Waals surface area contributed by atoms with Crippen LogP contribution in [0.3, 0.4) is 0 Å². The van der Waals surface area contributed by atoms with Gasteiger partial charge in [-0.15, -0.1) is 24.0 Å². The van der Waals surface area contributed by atoms with Crippen LogP contribution in [0, 0.1) is 0 Å². The summed E-state index contributed by atoms with van der Waals surface area (Å²) in [5.41, 5.74) is 2.17. The van der Waals surface area contributed by atoms with Crippen molar-refractivity contribution in [3.8, 4) is 11.5 Å². The van der Waals surface area contributed by atoms with Crippen LogP contribution >= 0.6 is 24.0 Å². The molecule has 0 spiro atoms. The second kappa shape index (κ2) is 14.1. The number of ether oxygens (including phenoxy) is 2. The summed E-state index contributed by atoms with van der Waals surface area (Å²) in [6, 6.07) is 10.1. The maximum atomic E-state index is 5.39. The van der Waals surface area contributed by atoms with Crippen LogP contribution in [-0.2, 0) is 13.1 Å². The summed E-state index contributed by atoms with van der Waals surface area (Å²) in [6.07, 6.45) is 1.93. The number of methoxy groups -OCH3 is 2. The SMILES string of the molecule is CCNC(=NCc1ccc(N2CCN(CC)CC2)nc1)NCc1ccc(OC)c(OC)c1.I. The molecule has 3 rings (SSSR count). The van der Waals surface area contributed by atoms with Gasteiger partial charge in [0.25, 0.3) is 0 Å². The standard InChI is InChI=1S/C24H36N6O2.HI/c1-5-25-24(27-16-19-7-9-21(31-3)22(15-19)32-4)28-18-20-8-10-23(26-17-20)30-13-11-29(6-2)12-14-30;/h7-10,15,17H,5-6,11-14,16,18H2,1-4H3,(H2,25,27,28);1H. The number of nitrogens with one attached hydrogen (secondary N) is 2. The molecular weight excluding hydrogens is 531 g/mol. The Kier molecular flexibility index (Phi) is 11.5. The van der Waals surface area contributed by atoms with Gasteiger partial charge in [0, 0.05) is 45.5 Å². The highest BCUT2D eigenvalue weighted by atomic mass is 127. The average molecular weight is 569 g/mol. The van der Waals surface area contributed by atoms with Gasteiger partial charge in [-0.05, 0) is 42.8 Å². The van der Waals surface area contributed by atoms with Crippen LogP contribution in [0.5, 0.6) is 11.5 Å². The molecule has 0 saturated carbocycles. The number of hydrogen-bond donors (Lipinski definition) is 2. The van der Waals surface area contributed by atoms with Crippen LogP contribution in [0.25, 0.3) is 0 Å². The maximum Gasteiger partial charge on any atom is 0.191 e. The van der Waals surface area contributed by atoms with E-state index in [0.717, 1.165) is 73.7 Å². The Morgan fingerprint density at radius 2 is 1.70 bits per heavy atom. The lowest BCUT2D eigenvalue weighted by molar-refractivity contribution is 0.270. The van der Waals surface area contributed by atoms with Gasteiger partial charge in [-0.25, -0.2) is 9.98 Å². The summed E-state index contributed by atoms with van der Waals surface area (Å²) in [5, 5.41) is 6.67. The molecule has 1 fully saturated rings. The fourth-order valence-corrected chi connectivity index (χ4v) is 3.68. The zero-order valence-electron chi connectivity index (χ0n) is 20.1. The molecule has 2 aromatic rings. The lowest BCUT2D eigenvalue weighted by atomic mass is 10.2. The van der Waals surface area contributed by atoms with Gasteiger partial charge < -0.3 is 29.9 Å². The summed E-state index contributed by atoms with van der Waals surface area (Å²) in [4.78, 5) is 14.2. The number of aromatic nitrogens is 1. The molecule has 182 valence electrons. The molecule has 1 aliphatic heterocycles. The zero-order valence-corrected chi connectivity index (χ0v) is 22.5. The predicted molar refractivity (Wildman–Crippen MR) is 145 cm³/mol. The van der Waals surface area contributed by atoms with Crippen molar-refractivity contribution < 1.29 is 9.47 Å². The third-order valence-electron chi connectivity index (χ3n) is 5.62. The van der Waals surface area contributed by atoms with Gasteiger partial charge in [0.05, 0.1) is 20.8 Å². The van der Waals surface area contributed by atoms with E-state index in [9.17, 15) is 0 Å². The largest absolute Gasteiger partial charge is 0.493 e. The third-order valence-corrected chi connectivity index (χ3v) is 5.62. The van der Waals surface area contributed by atoms with Gasteiger partial charge >= 0.3 is 0 Å². The first-order valence-electron chi connectivity index (χ1n) is 11.3. The Bertz CT molecular complexity index is 870. The number of anilines is 1. The molecule has 8 nitrogen and oxygen atoms in total. The fourth-order valence-electron chi connectivity index (χ4n) is 3.68. The van der Waals surface area contributed by atoms with E-state index in [0.29, 0.717) is 13.1 Å². The van der Waals surface area contributed by atoms with Crippen molar-refractivity contribution in [2.24, 2.45) is 4.99 Å². The fraction of sp³-hybridized carbons (Fsp3) is 0.500. The van der Waals surface area contributed by atoms with Crippen LogP contribution in [-0.4, -0.2) is 69.3 Å². The van der Waals surface area contributed by atoms with Crippen LogP contribution < -0.4 is 25.0 Å². The van der Waals surface area contributed by atoms with E-state index in [1.54, 1.807) is 14.2 Å². The molecule has 0 amide bonds. The first-order valence-corrected chi connectivity index (χ1v) is 11.3. The highest BCUT2D eigenvalue weighted by Gasteiger charge is 2.16. The van der Waals surface area contributed by atoms with Crippen molar-refractivity contribution in [1.29, 1.82) is 0 Å². The molecule has 2 heterocycles. The third kappa shape index (κ3) is 7.92. The Morgan fingerprint density at radius 3 is 2.30 bits per heavy atom. The highest BCUT2D eigenvalue weighted by Crippen LogP contribution is 2.27. The second-order valence-corrected chi connectivity index (χ2v) is 7.68. The van der Waals surface area contributed by atoms with Crippen LogP contribution in [0.1, 0.15) is 25.0 Å². The van der Waals surface area contributed by atoms with E-state index in [-0.39, 0.29) is 24.0 Å². The first-order chi connectivity index (χ1) is 15.7. The van der Waals surface area contributed by atoms with Gasteiger partial charge in [-0.3, -0.25) is 0 Å². The lowest BCUT2D eigenvalue weighted by Gasteiger charge is -2.34. The highest BCUT2D eigenvalue weighted by molar-refractivity contribution is 14.0. The summed E-state index contributed by atoms with van der Waals surface area (Å²) in [7, 11) is 3.28. The second-order valence-electron chi connectivity index (χ2n) is 7.68. The number of likely N-dealkylation sites (N-methyl/N-ethyl adjacent to an activating group) is 1. The molecule has 0 atom stereocenters. The van der Waals surface area contributed by atoms with E-state index in [1.165, 1.54) is 0 Å². The van der Waals surface area contributed by atoms with Crippen molar-refractivity contribution in [3.63, 3.8) is 0 Å². The molecule has 2 N–H and O–H groups in total. The van der Waals surface area contributed by atoms with Crippen LogP contribution in [0.2, 0.25) is 0 Å². The van der Waals surface area contributed by atoms with Crippen molar-refractivity contribution in [3.05, 3.63) is 47.7 Å². The minimum Gasteiger partial charge on any atom is -0.493 e. The van der Waals surface area contributed by atoms with E-state index in [1.807, 2.05) is 24.4 Å². The van der Waals surface area contributed by atoms with Gasteiger partial charge in [-0.2, -0.15) is 0 Å². The molecule has 0 aliphatic carbocycles. The van der Waals surface area contributed by atoms with Crippen molar-refractivity contribution in [2.75, 3.05) is 58.4 Å². The number of pyridine rings is 1. The van der Waals surface area contributed by atoms with Crippen LogP contribution in [0.15, 0.2) is 41.5 Å². The summed E-state index contributed by atoms with van der Waals surface area (Å²) < 4.78 is 10.7. The summed E-state index contributed by atoms with van der Waals surface area (Å²) in [5.74, 6) is 3.25. The average Bonchev–Trinajstić information content (AvgIpc) is 2.86. The molecule has 9 heteroatoms. The molecule has 33 heavy (non-hydrogen) atoms. The lowest BCUT2D eigenvalue weighted by Crippen LogP contribution is -2.46. The normalized spacial score (nSPS) is 14.4. The number of aliphatic imine (C=N–C) groups is 1. The number of halogens is 1. The smallest absolute Gasteiger partial charge is 0.191 e. The maximum absolute atomic E-state index is 5.39. The topological polar surface area (TPSA) is 74.3 Å². The molecule has 1 saturated heterocycles. The summed E-state index contributed by atoms with van der Waals surface area (Å²) in [6.45, 7) is 11.6. The Hall–Kier alpha value is -2.27. The molecule has 0 radical (unpaired) electrons. The minimum atomic E-state index is 0. The Morgan fingerprint density at radius 1 is 0.970 bits per heavy atom. The molecule has 1 aromatic heterocycles. The first kappa shape index (κ1) is 27.0. The number of piperazine rings is 1. The van der Waals surface area contributed by atoms with E-state index in [4.69, 9.17) is 14.5 Å². The summed E-state index contributed by atoms with van der Waals surface area (Å²) >= 11 is 0. The number of hydrogen-bond acceptors (Lipinski definition) is 6. The molecule has 1 aliphatic rings. The number of guanidine groups is 1. The molecule has 1 aromatic carbocycles. The number of rotatable bonds is 9. The quantitative estimate of drug-likeness (QED) is 0.274. The minimum absolute atomic E-state index is 0. The molecular formula is C24H37IN6O2.